The van der Waals surface area contributed by atoms with E-state index in [0.717, 1.165) is 0 Å². The number of carbonyl (C=O) groups is 8. The predicted octanol–water partition coefficient (Wildman–Crippen LogP) is 0.349. The number of nitrogens with two attached hydrogens (primary N) is 1. The van der Waals surface area contributed by atoms with E-state index in [2.05, 4.69) is 26.6 Å². The van der Waals surface area contributed by atoms with Crippen molar-refractivity contribution in [2.24, 2.45) is 17.6 Å². The van der Waals surface area contributed by atoms with Gasteiger partial charge in [-0.1, -0.05) is 88.4 Å². The molecular formula is C38H52N6O11. The Morgan fingerprint density at radius 2 is 1.00 bits per heavy atom. The minimum Gasteiger partial charge on any atom is -0.481 e. The third kappa shape index (κ3) is 16.4. The van der Waals surface area contributed by atoms with Crippen molar-refractivity contribution in [1.82, 2.24) is 26.6 Å². The van der Waals surface area contributed by atoms with E-state index in [4.69, 9.17) is 10.8 Å². The van der Waals surface area contributed by atoms with Crippen LogP contribution in [0.5, 0.6) is 0 Å². The van der Waals surface area contributed by atoms with E-state index in [1.54, 1.807) is 60.7 Å². The fourth-order valence-electron chi connectivity index (χ4n) is 5.52. The first-order valence-corrected chi connectivity index (χ1v) is 17.9. The van der Waals surface area contributed by atoms with Crippen molar-refractivity contribution in [3.8, 4) is 0 Å². The van der Waals surface area contributed by atoms with Gasteiger partial charge < -0.3 is 47.6 Å². The van der Waals surface area contributed by atoms with Gasteiger partial charge in [0.25, 0.3) is 0 Å². The molecule has 0 aliphatic heterocycles. The lowest BCUT2D eigenvalue weighted by Crippen LogP contribution is -2.60. The number of aliphatic carboxylic acids is 3. The van der Waals surface area contributed by atoms with Gasteiger partial charge in [0.15, 0.2) is 0 Å². The summed E-state index contributed by atoms with van der Waals surface area (Å²) < 4.78 is 0. The Kier molecular flexibility index (Phi) is 18.5. The summed E-state index contributed by atoms with van der Waals surface area (Å²) in [6.07, 6.45) is -1.65. The van der Waals surface area contributed by atoms with E-state index in [-0.39, 0.29) is 18.8 Å². The molecule has 17 heteroatoms. The van der Waals surface area contributed by atoms with Crippen molar-refractivity contribution in [3.63, 3.8) is 0 Å². The van der Waals surface area contributed by atoms with Crippen LogP contribution in [0.2, 0.25) is 0 Å². The van der Waals surface area contributed by atoms with Gasteiger partial charge >= 0.3 is 17.9 Å². The van der Waals surface area contributed by atoms with Gasteiger partial charge in [-0.25, -0.2) is 4.79 Å². The van der Waals surface area contributed by atoms with E-state index < -0.39 is 109 Å². The zero-order chi connectivity index (χ0) is 41.2. The number of amides is 5. The first-order valence-electron chi connectivity index (χ1n) is 17.9. The third-order valence-corrected chi connectivity index (χ3v) is 8.41. The molecule has 0 radical (unpaired) electrons. The third-order valence-electron chi connectivity index (χ3n) is 8.41. The number of rotatable bonds is 23. The summed E-state index contributed by atoms with van der Waals surface area (Å²) in [5.74, 6) is -9.19. The summed E-state index contributed by atoms with van der Waals surface area (Å²) in [6.45, 7) is 6.84. The molecule has 0 aliphatic carbocycles. The van der Waals surface area contributed by atoms with Crippen molar-refractivity contribution in [1.29, 1.82) is 0 Å². The molecular weight excluding hydrogens is 716 g/mol. The molecule has 2 rings (SSSR count). The van der Waals surface area contributed by atoms with Gasteiger partial charge in [0, 0.05) is 19.3 Å². The van der Waals surface area contributed by atoms with Crippen LogP contribution >= 0.6 is 0 Å². The maximum absolute atomic E-state index is 14.0. The average Bonchev–Trinajstić information content (AvgIpc) is 3.11. The molecule has 17 nitrogen and oxygen atoms in total. The highest BCUT2D eigenvalue weighted by Crippen LogP contribution is 2.11. The monoisotopic (exact) mass is 768 g/mol. The Morgan fingerprint density at radius 3 is 1.42 bits per heavy atom. The first-order chi connectivity index (χ1) is 25.9. The number of hydrogen-bond acceptors (Lipinski definition) is 9. The van der Waals surface area contributed by atoms with E-state index in [1.807, 2.05) is 13.8 Å². The average molecular weight is 769 g/mol. The molecule has 0 saturated carbocycles. The van der Waals surface area contributed by atoms with Crippen molar-refractivity contribution < 1.29 is 53.7 Å². The largest absolute Gasteiger partial charge is 0.481 e. The van der Waals surface area contributed by atoms with E-state index in [0.29, 0.717) is 17.5 Å². The standard InChI is InChI=1S/C38H52N6O11/c1-21(2)17-25(39)33(49)41-27(18-23-11-7-5-8-12-23)36(52)42-28(19-24-13-9-6-10-14-24)35(51)40-26(15-16-30(45)46)34(50)44-32(22(3)4)37(53)43-29(38(54)55)20-31(47)48/h5-14,21-22,25-29,32H,15-20,39H2,1-4H3,(H,40,51)(H,41,49)(H,42,52)(H,43,53)(H,44,50)(H,45,46)(H,47,48)(H,54,55)/t25-,26-,27-,28-,29-,32-/m0/s1. The fourth-order valence-corrected chi connectivity index (χ4v) is 5.52. The number of nitrogens with one attached hydrogen (secondary N) is 5. The zero-order valence-electron chi connectivity index (χ0n) is 31.3. The van der Waals surface area contributed by atoms with Crippen LogP contribution in [-0.4, -0.2) is 99.0 Å². The van der Waals surface area contributed by atoms with Crippen LogP contribution in [0.1, 0.15) is 64.5 Å². The Labute approximate surface area is 319 Å². The molecule has 0 fully saturated rings. The maximum Gasteiger partial charge on any atom is 0.326 e. The number of carbonyl (C=O) groups excluding carboxylic acids is 5. The summed E-state index contributed by atoms with van der Waals surface area (Å²) in [5, 5.41) is 40.2. The first kappa shape index (κ1) is 45.3. The van der Waals surface area contributed by atoms with Gasteiger partial charge in [-0.2, -0.15) is 0 Å². The molecule has 0 aromatic heterocycles. The molecule has 0 bridgehead atoms. The minimum atomic E-state index is -1.81. The van der Waals surface area contributed by atoms with Crippen molar-refractivity contribution in [3.05, 3.63) is 71.8 Å². The molecule has 2 aromatic carbocycles. The Hall–Kier alpha value is -5.84. The number of carboxylic acids is 3. The quantitative estimate of drug-likeness (QED) is 0.0741. The van der Waals surface area contributed by atoms with Gasteiger partial charge in [-0.05, 0) is 35.8 Å². The Bertz CT molecular complexity index is 1640. The van der Waals surface area contributed by atoms with Crippen LogP contribution in [0.4, 0.5) is 0 Å². The molecule has 0 heterocycles. The summed E-state index contributed by atoms with van der Waals surface area (Å²) >= 11 is 0. The molecule has 2 aromatic rings. The molecule has 0 saturated heterocycles. The second kappa shape index (κ2) is 22.4. The highest BCUT2D eigenvalue weighted by molar-refractivity contribution is 5.97. The summed E-state index contributed by atoms with van der Waals surface area (Å²) in [4.78, 5) is 102. The topological polar surface area (TPSA) is 283 Å². The molecule has 0 spiro atoms. The molecule has 5 amide bonds. The maximum atomic E-state index is 14.0. The summed E-state index contributed by atoms with van der Waals surface area (Å²) in [5.41, 5.74) is 7.43. The van der Waals surface area contributed by atoms with E-state index >= 15 is 0 Å². The van der Waals surface area contributed by atoms with Crippen LogP contribution in [-0.2, 0) is 51.2 Å². The van der Waals surface area contributed by atoms with Gasteiger partial charge in [0.1, 0.15) is 30.2 Å². The summed E-state index contributed by atoms with van der Waals surface area (Å²) in [6, 6.07) is 9.19. The number of carboxylic acid groups (broad SMARTS) is 3. The van der Waals surface area contributed by atoms with E-state index in [9.17, 15) is 48.6 Å². The SMILES string of the molecule is CC(C)C[C@H](N)C(=O)N[C@@H](Cc1ccccc1)C(=O)N[C@@H](Cc1ccccc1)C(=O)N[C@@H](CCC(=O)O)C(=O)N[C@H](C(=O)N[C@@H](CC(=O)O)C(=O)O)C(C)C. The fraction of sp³-hybridized carbons (Fsp3) is 0.474. The second-order valence-corrected chi connectivity index (χ2v) is 14.0. The second-order valence-electron chi connectivity index (χ2n) is 14.0. The smallest absolute Gasteiger partial charge is 0.326 e. The van der Waals surface area contributed by atoms with Crippen LogP contribution in [0, 0.1) is 11.8 Å². The Morgan fingerprint density at radius 1 is 0.564 bits per heavy atom. The van der Waals surface area contributed by atoms with Crippen molar-refractivity contribution in [2.75, 3.05) is 0 Å². The molecule has 300 valence electrons. The highest BCUT2D eigenvalue weighted by atomic mass is 16.4. The van der Waals surface area contributed by atoms with E-state index in [1.165, 1.54) is 13.8 Å². The van der Waals surface area contributed by atoms with Gasteiger partial charge in [-0.15, -0.1) is 0 Å². The highest BCUT2D eigenvalue weighted by Gasteiger charge is 2.34. The lowest BCUT2D eigenvalue weighted by atomic mass is 10.00. The molecule has 6 atom stereocenters. The predicted molar refractivity (Wildman–Crippen MR) is 199 cm³/mol. The zero-order valence-corrected chi connectivity index (χ0v) is 31.3. The normalized spacial score (nSPS) is 14.3. The lowest BCUT2D eigenvalue weighted by molar-refractivity contribution is -0.147. The number of hydrogen-bond donors (Lipinski definition) is 9. The molecule has 0 aliphatic rings. The molecule has 10 N–H and O–H groups in total. The summed E-state index contributed by atoms with van der Waals surface area (Å²) in [7, 11) is 0. The molecule has 0 unspecified atom stereocenters. The van der Waals surface area contributed by atoms with Crippen LogP contribution in [0.15, 0.2) is 60.7 Å². The van der Waals surface area contributed by atoms with Gasteiger partial charge in [0.2, 0.25) is 29.5 Å². The van der Waals surface area contributed by atoms with Gasteiger partial charge in [0.05, 0.1) is 12.5 Å². The van der Waals surface area contributed by atoms with Crippen LogP contribution in [0.3, 0.4) is 0 Å². The molecule has 55 heavy (non-hydrogen) atoms. The van der Waals surface area contributed by atoms with Crippen LogP contribution in [0.25, 0.3) is 0 Å². The van der Waals surface area contributed by atoms with Crippen molar-refractivity contribution >= 4 is 47.4 Å². The Balaban J connectivity index is 2.42. The van der Waals surface area contributed by atoms with Gasteiger partial charge in [-0.3, -0.25) is 33.6 Å². The number of benzene rings is 2. The van der Waals surface area contributed by atoms with Crippen molar-refractivity contribution in [2.45, 2.75) is 102 Å². The van der Waals surface area contributed by atoms with Crippen LogP contribution < -0.4 is 32.3 Å². The minimum absolute atomic E-state index is 0.0456. The lowest BCUT2D eigenvalue weighted by Gasteiger charge is -2.28.